The van der Waals surface area contributed by atoms with E-state index in [2.05, 4.69) is 12.1 Å². The van der Waals surface area contributed by atoms with Crippen molar-refractivity contribution < 1.29 is 24.1 Å². The van der Waals surface area contributed by atoms with Gasteiger partial charge in [-0.15, -0.1) is 0 Å². The van der Waals surface area contributed by atoms with E-state index in [0.717, 1.165) is 11.1 Å². The molecule has 3 aromatic rings. The van der Waals surface area contributed by atoms with Crippen molar-refractivity contribution in [3.05, 3.63) is 89.5 Å². The van der Waals surface area contributed by atoms with E-state index >= 15 is 0 Å². The van der Waals surface area contributed by atoms with Crippen LogP contribution in [0.15, 0.2) is 72.8 Å². The maximum absolute atomic E-state index is 11.5. The van der Waals surface area contributed by atoms with Crippen LogP contribution in [0.2, 0.25) is 0 Å². The zero-order valence-corrected chi connectivity index (χ0v) is 16.8. The number of phenolic OH excluding ortho intramolecular Hbond substituents is 1. The van der Waals surface area contributed by atoms with Gasteiger partial charge in [-0.2, -0.15) is 0 Å². The summed E-state index contributed by atoms with van der Waals surface area (Å²) in [5, 5.41) is 9.87. The van der Waals surface area contributed by atoms with E-state index in [4.69, 9.17) is 14.2 Å². The lowest BCUT2D eigenvalue weighted by molar-refractivity contribution is -0.145. The van der Waals surface area contributed by atoms with E-state index in [1.807, 2.05) is 48.5 Å². The van der Waals surface area contributed by atoms with E-state index < -0.39 is 0 Å². The summed E-state index contributed by atoms with van der Waals surface area (Å²) in [5.41, 5.74) is 3.35. The fourth-order valence-electron chi connectivity index (χ4n) is 3.91. The summed E-state index contributed by atoms with van der Waals surface area (Å²) in [5.74, 6) is 1.32. The van der Waals surface area contributed by atoms with Gasteiger partial charge in [-0.3, -0.25) is 0 Å². The van der Waals surface area contributed by atoms with Crippen molar-refractivity contribution in [2.24, 2.45) is 0 Å². The molecular weight excluding hydrogens is 380 g/mol. The molecule has 3 aromatic carbocycles. The molecule has 0 amide bonds. The number of benzene rings is 3. The van der Waals surface area contributed by atoms with Gasteiger partial charge in [0.15, 0.2) is 6.61 Å². The van der Waals surface area contributed by atoms with Crippen molar-refractivity contribution in [3.8, 4) is 17.2 Å². The first kappa shape index (κ1) is 19.8. The van der Waals surface area contributed by atoms with Gasteiger partial charge in [-0.05, 0) is 36.2 Å². The minimum absolute atomic E-state index is 0.0656. The minimum atomic E-state index is -0.385. The number of ether oxygens (including phenoxy) is 3. The third-order valence-corrected chi connectivity index (χ3v) is 5.28. The Bertz CT molecular complexity index is 998. The zero-order chi connectivity index (χ0) is 20.9. The number of fused-ring (bicyclic) bond motifs is 1. The molecule has 1 aliphatic heterocycles. The lowest BCUT2D eigenvalue weighted by Crippen LogP contribution is -2.25. The van der Waals surface area contributed by atoms with E-state index in [1.165, 1.54) is 5.56 Å². The van der Waals surface area contributed by atoms with E-state index in [0.29, 0.717) is 24.7 Å². The van der Waals surface area contributed by atoms with Crippen LogP contribution < -0.4 is 9.47 Å². The van der Waals surface area contributed by atoms with Gasteiger partial charge in [-0.1, -0.05) is 48.5 Å². The number of carbonyl (C=O) groups excluding carboxylic acids is 1. The van der Waals surface area contributed by atoms with Crippen LogP contribution in [0.5, 0.6) is 17.2 Å². The Morgan fingerprint density at radius 3 is 2.53 bits per heavy atom. The molecule has 0 radical (unpaired) electrons. The van der Waals surface area contributed by atoms with Gasteiger partial charge in [0.1, 0.15) is 17.2 Å². The molecule has 30 heavy (non-hydrogen) atoms. The quantitative estimate of drug-likeness (QED) is 0.606. The third-order valence-electron chi connectivity index (χ3n) is 5.28. The molecule has 0 spiro atoms. The smallest absolute Gasteiger partial charge is 0.344 e. The van der Waals surface area contributed by atoms with Crippen LogP contribution in [0.4, 0.5) is 0 Å². The maximum Gasteiger partial charge on any atom is 0.344 e. The Hall–Kier alpha value is -3.47. The van der Waals surface area contributed by atoms with Crippen LogP contribution in [0.1, 0.15) is 35.4 Å². The van der Waals surface area contributed by atoms with Crippen molar-refractivity contribution in [2.75, 3.05) is 19.8 Å². The number of hydrogen-bond donors (Lipinski definition) is 1. The highest BCUT2D eigenvalue weighted by Gasteiger charge is 2.33. The number of hydrogen-bond acceptors (Lipinski definition) is 5. The summed E-state index contributed by atoms with van der Waals surface area (Å²) in [6.07, 6.45) is 0. The highest BCUT2D eigenvalue weighted by atomic mass is 16.6. The highest BCUT2D eigenvalue weighted by Crippen LogP contribution is 2.47. The molecule has 4 rings (SSSR count). The summed E-state index contributed by atoms with van der Waals surface area (Å²) >= 11 is 0. The molecule has 0 saturated carbocycles. The monoisotopic (exact) mass is 404 g/mol. The second-order valence-electron chi connectivity index (χ2n) is 7.19. The molecule has 5 heteroatoms. The summed E-state index contributed by atoms with van der Waals surface area (Å²) in [4.78, 5) is 11.5. The molecular formula is C25H24O5. The molecule has 2 atom stereocenters. The highest BCUT2D eigenvalue weighted by molar-refractivity contribution is 5.71. The topological polar surface area (TPSA) is 65.0 Å². The lowest BCUT2D eigenvalue weighted by Gasteiger charge is -2.34. The zero-order valence-electron chi connectivity index (χ0n) is 16.8. The molecule has 0 aliphatic carbocycles. The van der Waals surface area contributed by atoms with E-state index in [9.17, 15) is 9.90 Å². The normalized spacial score (nSPS) is 17.5. The lowest BCUT2D eigenvalue weighted by atomic mass is 9.76. The summed E-state index contributed by atoms with van der Waals surface area (Å²) < 4.78 is 16.4. The first-order valence-corrected chi connectivity index (χ1v) is 10.0. The van der Waals surface area contributed by atoms with Crippen molar-refractivity contribution in [1.29, 1.82) is 0 Å². The van der Waals surface area contributed by atoms with Crippen LogP contribution >= 0.6 is 0 Å². The van der Waals surface area contributed by atoms with Gasteiger partial charge < -0.3 is 19.3 Å². The molecule has 0 fully saturated rings. The summed E-state index contributed by atoms with van der Waals surface area (Å²) in [6, 6.07) is 23.4. The number of carbonyl (C=O) groups is 1. The van der Waals surface area contributed by atoms with Gasteiger partial charge in [0.25, 0.3) is 0 Å². The maximum atomic E-state index is 11.5. The molecule has 154 valence electrons. The Morgan fingerprint density at radius 2 is 1.80 bits per heavy atom. The van der Waals surface area contributed by atoms with Crippen molar-refractivity contribution in [2.45, 2.75) is 18.8 Å². The Morgan fingerprint density at radius 1 is 1.03 bits per heavy atom. The van der Waals surface area contributed by atoms with Crippen molar-refractivity contribution in [3.63, 3.8) is 0 Å². The average molecular weight is 404 g/mol. The van der Waals surface area contributed by atoms with Crippen LogP contribution in [0.25, 0.3) is 0 Å². The van der Waals surface area contributed by atoms with Crippen molar-refractivity contribution >= 4 is 5.97 Å². The van der Waals surface area contributed by atoms with E-state index in [1.54, 1.807) is 19.1 Å². The predicted octanol–water partition coefficient (Wildman–Crippen LogP) is 4.64. The van der Waals surface area contributed by atoms with Crippen LogP contribution in [0, 0.1) is 0 Å². The van der Waals surface area contributed by atoms with Gasteiger partial charge in [0.05, 0.1) is 13.2 Å². The largest absolute Gasteiger partial charge is 0.508 e. The SMILES string of the molecule is CCOC(=O)COc1ccc([C@H]2c3ccc(O)cc3OC[C@H]2c2ccccc2)cc1. The predicted molar refractivity (Wildman–Crippen MR) is 113 cm³/mol. The molecule has 0 saturated heterocycles. The Labute approximate surface area is 175 Å². The van der Waals surface area contributed by atoms with Gasteiger partial charge >= 0.3 is 5.97 Å². The standard InChI is InChI=1S/C25H24O5/c1-2-28-24(27)16-29-20-11-8-18(9-12-20)25-21-13-10-19(26)14-23(21)30-15-22(25)17-6-4-3-5-7-17/h3-14,22,25-26H,2,15-16H2,1H3/t22-,25-/m0/s1. The first-order chi connectivity index (χ1) is 14.7. The molecule has 0 bridgehead atoms. The molecule has 0 unspecified atom stereocenters. The second kappa shape index (κ2) is 8.91. The summed E-state index contributed by atoms with van der Waals surface area (Å²) in [7, 11) is 0. The summed E-state index contributed by atoms with van der Waals surface area (Å²) in [6.45, 7) is 2.51. The van der Waals surface area contributed by atoms with Crippen LogP contribution in [0.3, 0.4) is 0 Å². The van der Waals surface area contributed by atoms with Crippen LogP contribution in [-0.2, 0) is 9.53 Å². The first-order valence-electron chi connectivity index (χ1n) is 10.0. The fraction of sp³-hybridized carbons (Fsp3) is 0.240. The van der Waals surface area contributed by atoms with Gasteiger partial charge in [0.2, 0.25) is 0 Å². The molecule has 1 aliphatic rings. The molecule has 1 heterocycles. The Balaban J connectivity index is 1.64. The van der Waals surface area contributed by atoms with Gasteiger partial charge in [-0.25, -0.2) is 4.79 Å². The molecule has 5 nitrogen and oxygen atoms in total. The second-order valence-corrected chi connectivity index (χ2v) is 7.19. The molecule has 0 aromatic heterocycles. The van der Waals surface area contributed by atoms with Gasteiger partial charge in [0, 0.05) is 23.5 Å². The van der Waals surface area contributed by atoms with Crippen molar-refractivity contribution in [1.82, 2.24) is 0 Å². The number of phenols is 1. The average Bonchev–Trinajstić information content (AvgIpc) is 2.78. The number of aromatic hydroxyl groups is 1. The van der Waals surface area contributed by atoms with Crippen LogP contribution in [-0.4, -0.2) is 30.9 Å². The number of rotatable bonds is 6. The molecule has 1 N–H and O–H groups in total. The van der Waals surface area contributed by atoms with E-state index in [-0.39, 0.29) is 30.2 Å². The third kappa shape index (κ3) is 4.25. The fourth-order valence-corrected chi connectivity index (χ4v) is 3.91. The number of esters is 1. The Kier molecular flexibility index (Phi) is 5.89. The minimum Gasteiger partial charge on any atom is -0.508 e.